The topological polar surface area (TPSA) is 125 Å². The van der Waals surface area contributed by atoms with E-state index in [0.717, 1.165) is 6.42 Å². The lowest BCUT2D eigenvalue weighted by molar-refractivity contribution is -0.757. The molecule has 0 saturated carbocycles. The molecule has 0 aromatic rings. The van der Waals surface area contributed by atoms with Crippen LogP contribution in [0.15, 0.2) is 0 Å². The number of carbonyl (C=O) groups excluding carboxylic acids is 2. The first-order valence-electron chi connectivity index (χ1n) is 6.43. The van der Waals surface area contributed by atoms with Crippen LogP contribution in [0, 0.1) is 10.1 Å². The number of rotatable bonds is 7. The van der Waals surface area contributed by atoms with Crippen LogP contribution < -0.4 is 5.73 Å². The molecule has 114 valence electrons. The van der Waals surface area contributed by atoms with Gasteiger partial charge in [-0.05, 0) is 19.8 Å². The van der Waals surface area contributed by atoms with Crippen molar-refractivity contribution in [2.75, 3.05) is 19.8 Å². The van der Waals surface area contributed by atoms with Crippen LogP contribution in [-0.2, 0) is 19.2 Å². The number of carbonyl (C=O) groups is 2. The Labute approximate surface area is 116 Å². The Kier molecular flexibility index (Phi) is 6.16. The van der Waals surface area contributed by atoms with Crippen molar-refractivity contribution in [3.8, 4) is 0 Å². The van der Waals surface area contributed by atoms with Crippen molar-refractivity contribution in [1.29, 1.82) is 0 Å². The van der Waals surface area contributed by atoms with E-state index in [1.807, 2.05) is 0 Å². The number of likely N-dealkylation sites (tertiary alicyclic amines) is 1. The summed E-state index contributed by atoms with van der Waals surface area (Å²) in [5.74, 6) is -0.779. The Balaban J connectivity index is 2.34. The van der Waals surface area contributed by atoms with Crippen LogP contribution in [0.25, 0.3) is 0 Å². The summed E-state index contributed by atoms with van der Waals surface area (Å²) in [6, 6.07) is -1.26. The fourth-order valence-electron chi connectivity index (χ4n) is 2.00. The van der Waals surface area contributed by atoms with Gasteiger partial charge in [0.15, 0.2) is 0 Å². The minimum Gasteiger partial charge on any atom is -0.464 e. The average Bonchev–Trinajstić information content (AvgIpc) is 2.85. The van der Waals surface area contributed by atoms with Crippen molar-refractivity contribution in [3.05, 3.63) is 10.1 Å². The summed E-state index contributed by atoms with van der Waals surface area (Å²) in [5.41, 5.74) is 5.52. The lowest BCUT2D eigenvalue weighted by Gasteiger charge is -2.24. The number of esters is 1. The molecule has 0 bridgehead atoms. The molecule has 1 saturated heterocycles. The molecule has 1 aliphatic rings. The summed E-state index contributed by atoms with van der Waals surface area (Å²) in [6.07, 6.45) is 1.49. The van der Waals surface area contributed by atoms with Gasteiger partial charge < -0.3 is 20.2 Å². The molecule has 0 spiro atoms. The maximum absolute atomic E-state index is 11.8. The summed E-state index contributed by atoms with van der Waals surface area (Å²) in [5, 5.41) is 9.01. The lowest BCUT2D eigenvalue weighted by Crippen LogP contribution is -2.47. The van der Waals surface area contributed by atoms with Crippen LogP contribution in [0.2, 0.25) is 0 Å². The quantitative estimate of drug-likeness (QED) is 0.289. The molecule has 1 fully saturated rings. The van der Waals surface area contributed by atoms with Gasteiger partial charge in [-0.15, -0.1) is 10.1 Å². The minimum atomic E-state index is -0.901. The summed E-state index contributed by atoms with van der Waals surface area (Å²) in [4.78, 5) is 39.1. The molecule has 0 aromatic heterocycles. The van der Waals surface area contributed by atoms with Gasteiger partial charge in [0.2, 0.25) is 5.91 Å². The van der Waals surface area contributed by atoms with Crippen molar-refractivity contribution < 1.29 is 24.3 Å². The standard InChI is InChI=1S/C11H19N3O6/c1-8(12)10(15)13-5-2-4-9(13)11(16)19-6-3-7-20-14(17)18/h8-9H,2-7,12H2,1H3/t8-,9-/m0/s1. The van der Waals surface area contributed by atoms with Crippen molar-refractivity contribution in [3.63, 3.8) is 0 Å². The third kappa shape index (κ3) is 4.65. The second-order valence-corrected chi connectivity index (χ2v) is 4.56. The molecule has 20 heavy (non-hydrogen) atoms. The molecule has 9 nitrogen and oxygen atoms in total. The van der Waals surface area contributed by atoms with Crippen molar-refractivity contribution in [1.82, 2.24) is 4.90 Å². The van der Waals surface area contributed by atoms with Crippen LogP contribution in [0.1, 0.15) is 26.2 Å². The van der Waals surface area contributed by atoms with Crippen LogP contribution in [0.3, 0.4) is 0 Å². The highest BCUT2D eigenvalue weighted by Crippen LogP contribution is 2.19. The average molecular weight is 289 g/mol. The van der Waals surface area contributed by atoms with Gasteiger partial charge in [-0.25, -0.2) is 4.79 Å². The van der Waals surface area contributed by atoms with E-state index < -0.39 is 23.1 Å². The Morgan fingerprint density at radius 3 is 2.80 bits per heavy atom. The number of nitrogens with two attached hydrogens (primary N) is 1. The second kappa shape index (κ2) is 7.63. The van der Waals surface area contributed by atoms with E-state index in [1.54, 1.807) is 6.92 Å². The number of hydrogen-bond donors (Lipinski definition) is 1. The molecule has 2 N–H and O–H groups in total. The van der Waals surface area contributed by atoms with E-state index in [1.165, 1.54) is 4.90 Å². The van der Waals surface area contributed by atoms with E-state index in [4.69, 9.17) is 10.5 Å². The molecular weight excluding hydrogens is 270 g/mol. The highest BCUT2D eigenvalue weighted by atomic mass is 16.9. The Morgan fingerprint density at radius 1 is 1.50 bits per heavy atom. The zero-order chi connectivity index (χ0) is 15.1. The fourth-order valence-corrected chi connectivity index (χ4v) is 2.00. The van der Waals surface area contributed by atoms with E-state index >= 15 is 0 Å². The molecule has 2 atom stereocenters. The number of amides is 1. The highest BCUT2D eigenvalue weighted by Gasteiger charge is 2.36. The molecule has 1 rings (SSSR count). The maximum atomic E-state index is 11.8. The molecule has 0 radical (unpaired) electrons. The SMILES string of the molecule is C[C@H](N)C(=O)N1CCC[C@H]1C(=O)OCCCO[N+](=O)[O-]. The summed E-state index contributed by atoms with van der Waals surface area (Å²) >= 11 is 0. The van der Waals surface area contributed by atoms with Crippen molar-refractivity contribution in [2.45, 2.75) is 38.3 Å². The van der Waals surface area contributed by atoms with Crippen LogP contribution in [0.5, 0.6) is 0 Å². The van der Waals surface area contributed by atoms with Gasteiger partial charge in [-0.3, -0.25) is 4.79 Å². The zero-order valence-electron chi connectivity index (χ0n) is 11.3. The lowest BCUT2D eigenvalue weighted by atomic mass is 10.2. The first-order chi connectivity index (χ1) is 9.43. The molecular formula is C11H19N3O6. The van der Waals surface area contributed by atoms with Crippen molar-refractivity contribution in [2.24, 2.45) is 5.73 Å². The van der Waals surface area contributed by atoms with E-state index in [2.05, 4.69) is 4.84 Å². The van der Waals surface area contributed by atoms with Crippen LogP contribution >= 0.6 is 0 Å². The Bertz CT molecular complexity index is 373. The molecule has 1 amide bonds. The van der Waals surface area contributed by atoms with E-state index in [-0.39, 0.29) is 25.5 Å². The predicted molar refractivity (Wildman–Crippen MR) is 66.9 cm³/mol. The first-order valence-corrected chi connectivity index (χ1v) is 6.43. The molecule has 1 heterocycles. The number of hydrogen-bond acceptors (Lipinski definition) is 7. The Hall–Kier alpha value is -1.90. The van der Waals surface area contributed by atoms with Gasteiger partial charge in [0.05, 0.1) is 19.3 Å². The molecule has 0 aliphatic carbocycles. The van der Waals surface area contributed by atoms with E-state index in [9.17, 15) is 19.7 Å². The first kappa shape index (κ1) is 16.2. The van der Waals surface area contributed by atoms with Crippen LogP contribution in [0.4, 0.5) is 0 Å². The van der Waals surface area contributed by atoms with Gasteiger partial charge in [0.1, 0.15) is 6.04 Å². The monoisotopic (exact) mass is 289 g/mol. The molecule has 1 aliphatic heterocycles. The molecule has 0 unspecified atom stereocenters. The van der Waals surface area contributed by atoms with Crippen LogP contribution in [-0.4, -0.2) is 53.7 Å². The molecule has 0 aromatic carbocycles. The second-order valence-electron chi connectivity index (χ2n) is 4.56. The van der Waals surface area contributed by atoms with Crippen molar-refractivity contribution >= 4 is 11.9 Å². The van der Waals surface area contributed by atoms with Gasteiger partial charge >= 0.3 is 5.97 Å². The van der Waals surface area contributed by atoms with E-state index in [0.29, 0.717) is 13.0 Å². The predicted octanol–water partition coefficient (Wildman–Crippen LogP) is -0.534. The third-order valence-corrected chi connectivity index (χ3v) is 2.93. The minimum absolute atomic E-state index is 0.0172. The normalized spacial score (nSPS) is 19.5. The summed E-state index contributed by atoms with van der Waals surface area (Å²) in [7, 11) is 0. The summed E-state index contributed by atoms with van der Waals surface area (Å²) in [6.45, 7) is 1.94. The maximum Gasteiger partial charge on any atom is 0.328 e. The smallest absolute Gasteiger partial charge is 0.328 e. The third-order valence-electron chi connectivity index (χ3n) is 2.93. The zero-order valence-corrected chi connectivity index (χ0v) is 11.3. The van der Waals surface area contributed by atoms with Gasteiger partial charge in [0.25, 0.3) is 5.09 Å². The number of nitrogens with zero attached hydrogens (tertiary/aromatic N) is 2. The molecule has 9 heteroatoms. The number of ether oxygens (including phenoxy) is 1. The van der Waals surface area contributed by atoms with Gasteiger partial charge in [-0.1, -0.05) is 0 Å². The Morgan fingerprint density at radius 2 is 2.20 bits per heavy atom. The highest BCUT2D eigenvalue weighted by molar-refractivity contribution is 5.87. The van der Waals surface area contributed by atoms with Gasteiger partial charge in [0, 0.05) is 13.0 Å². The van der Waals surface area contributed by atoms with Gasteiger partial charge in [-0.2, -0.15) is 0 Å². The largest absolute Gasteiger partial charge is 0.464 e. The fraction of sp³-hybridized carbons (Fsp3) is 0.818. The summed E-state index contributed by atoms with van der Waals surface area (Å²) < 4.78 is 4.99.